The van der Waals surface area contributed by atoms with E-state index < -0.39 is 12.0 Å². The van der Waals surface area contributed by atoms with Gasteiger partial charge in [-0.05, 0) is 37.5 Å². The van der Waals surface area contributed by atoms with E-state index in [2.05, 4.69) is 5.32 Å². The molecule has 0 saturated heterocycles. The minimum Gasteiger partial charge on any atom is -0.494 e. The second-order valence-corrected chi connectivity index (χ2v) is 4.97. The SMILES string of the molecule is COCCc1ccc(OCCCC(=O)N[C@@H](C)C(=O)O)cc1. The van der Waals surface area contributed by atoms with Crippen molar-refractivity contribution >= 4 is 11.9 Å². The Balaban J connectivity index is 2.21. The first kappa shape index (κ1) is 18.0. The van der Waals surface area contributed by atoms with E-state index in [1.165, 1.54) is 12.5 Å². The van der Waals surface area contributed by atoms with Gasteiger partial charge in [0, 0.05) is 13.5 Å². The molecule has 0 bridgehead atoms. The minimum atomic E-state index is -1.04. The molecule has 0 spiro atoms. The monoisotopic (exact) mass is 309 g/mol. The van der Waals surface area contributed by atoms with E-state index in [-0.39, 0.29) is 12.3 Å². The molecular weight excluding hydrogens is 286 g/mol. The van der Waals surface area contributed by atoms with Gasteiger partial charge in [-0.1, -0.05) is 12.1 Å². The predicted molar refractivity (Wildman–Crippen MR) is 82.0 cm³/mol. The highest BCUT2D eigenvalue weighted by Gasteiger charge is 2.13. The maximum absolute atomic E-state index is 11.5. The zero-order valence-electron chi connectivity index (χ0n) is 13.0. The van der Waals surface area contributed by atoms with Gasteiger partial charge in [0.15, 0.2) is 0 Å². The molecule has 6 heteroatoms. The van der Waals surface area contributed by atoms with E-state index in [1.54, 1.807) is 7.11 Å². The van der Waals surface area contributed by atoms with Gasteiger partial charge in [-0.25, -0.2) is 0 Å². The number of methoxy groups -OCH3 is 1. The number of carboxylic acid groups (broad SMARTS) is 1. The highest BCUT2D eigenvalue weighted by atomic mass is 16.5. The molecule has 2 N–H and O–H groups in total. The zero-order valence-corrected chi connectivity index (χ0v) is 13.0. The van der Waals surface area contributed by atoms with E-state index in [0.717, 1.165) is 12.2 Å². The summed E-state index contributed by atoms with van der Waals surface area (Å²) in [5.41, 5.74) is 1.18. The molecule has 0 unspecified atom stereocenters. The fraction of sp³-hybridized carbons (Fsp3) is 0.500. The molecule has 0 radical (unpaired) electrons. The normalized spacial score (nSPS) is 11.7. The van der Waals surface area contributed by atoms with Crippen LogP contribution in [0.4, 0.5) is 0 Å². The van der Waals surface area contributed by atoms with Crippen molar-refractivity contribution in [2.75, 3.05) is 20.3 Å². The molecule has 0 heterocycles. The summed E-state index contributed by atoms with van der Waals surface area (Å²) in [6.45, 7) is 2.53. The second-order valence-electron chi connectivity index (χ2n) is 4.97. The van der Waals surface area contributed by atoms with E-state index in [9.17, 15) is 9.59 Å². The van der Waals surface area contributed by atoms with E-state index in [0.29, 0.717) is 19.6 Å². The summed E-state index contributed by atoms with van der Waals surface area (Å²) in [4.78, 5) is 22.1. The summed E-state index contributed by atoms with van der Waals surface area (Å²) in [7, 11) is 1.67. The molecule has 22 heavy (non-hydrogen) atoms. The van der Waals surface area contributed by atoms with Crippen LogP contribution in [0, 0.1) is 0 Å². The van der Waals surface area contributed by atoms with E-state index in [1.807, 2.05) is 24.3 Å². The third kappa shape index (κ3) is 7.08. The van der Waals surface area contributed by atoms with Crippen molar-refractivity contribution in [1.29, 1.82) is 0 Å². The first-order chi connectivity index (χ1) is 10.5. The van der Waals surface area contributed by atoms with Crippen LogP contribution in [-0.4, -0.2) is 43.3 Å². The fourth-order valence-electron chi connectivity index (χ4n) is 1.77. The number of rotatable bonds is 10. The van der Waals surface area contributed by atoms with Crippen LogP contribution >= 0.6 is 0 Å². The summed E-state index contributed by atoms with van der Waals surface area (Å²) < 4.78 is 10.6. The first-order valence-electron chi connectivity index (χ1n) is 7.25. The lowest BCUT2D eigenvalue weighted by molar-refractivity contribution is -0.141. The average molecular weight is 309 g/mol. The van der Waals surface area contributed by atoms with Crippen LogP contribution < -0.4 is 10.1 Å². The number of amides is 1. The third-order valence-corrected chi connectivity index (χ3v) is 3.08. The Labute approximate surface area is 130 Å². The Bertz CT molecular complexity index is 472. The van der Waals surface area contributed by atoms with Gasteiger partial charge in [-0.3, -0.25) is 9.59 Å². The van der Waals surface area contributed by atoms with Crippen molar-refractivity contribution in [2.45, 2.75) is 32.2 Å². The van der Waals surface area contributed by atoms with Crippen molar-refractivity contribution in [3.63, 3.8) is 0 Å². The predicted octanol–water partition coefficient (Wildman–Crippen LogP) is 1.62. The Morgan fingerprint density at radius 2 is 1.91 bits per heavy atom. The molecule has 1 rings (SSSR count). The second kappa shape index (κ2) is 9.78. The van der Waals surface area contributed by atoms with Crippen molar-refractivity contribution in [1.82, 2.24) is 5.32 Å². The van der Waals surface area contributed by atoms with Crippen molar-refractivity contribution in [2.24, 2.45) is 0 Å². The molecule has 1 aromatic carbocycles. The lowest BCUT2D eigenvalue weighted by atomic mass is 10.1. The van der Waals surface area contributed by atoms with Gasteiger partial charge in [0.2, 0.25) is 5.91 Å². The van der Waals surface area contributed by atoms with Crippen molar-refractivity contribution < 1.29 is 24.2 Å². The smallest absolute Gasteiger partial charge is 0.325 e. The van der Waals surface area contributed by atoms with Crippen LogP contribution in [0.2, 0.25) is 0 Å². The van der Waals surface area contributed by atoms with E-state index >= 15 is 0 Å². The Kier molecular flexibility index (Phi) is 7.99. The van der Waals surface area contributed by atoms with Crippen LogP contribution in [0.15, 0.2) is 24.3 Å². The zero-order chi connectivity index (χ0) is 16.4. The number of carbonyl (C=O) groups is 2. The molecule has 1 amide bonds. The van der Waals surface area contributed by atoms with Gasteiger partial charge in [-0.2, -0.15) is 0 Å². The van der Waals surface area contributed by atoms with Crippen molar-refractivity contribution in [3.05, 3.63) is 29.8 Å². The number of carboxylic acids is 1. The van der Waals surface area contributed by atoms with Gasteiger partial charge in [0.25, 0.3) is 0 Å². The summed E-state index contributed by atoms with van der Waals surface area (Å²) in [6, 6.07) is 6.87. The van der Waals surface area contributed by atoms with Gasteiger partial charge < -0.3 is 19.9 Å². The lowest BCUT2D eigenvalue weighted by Crippen LogP contribution is -2.38. The largest absolute Gasteiger partial charge is 0.494 e. The quantitative estimate of drug-likeness (QED) is 0.642. The summed E-state index contributed by atoms with van der Waals surface area (Å²) in [5, 5.41) is 11.1. The number of aliphatic carboxylic acids is 1. The van der Waals surface area contributed by atoms with Crippen LogP contribution in [0.5, 0.6) is 5.75 Å². The molecule has 1 atom stereocenters. The minimum absolute atomic E-state index is 0.240. The van der Waals surface area contributed by atoms with Crippen molar-refractivity contribution in [3.8, 4) is 5.75 Å². The maximum Gasteiger partial charge on any atom is 0.325 e. The summed E-state index contributed by atoms with van der Waals surface area (Å²) in [5.74, 6) is -0.577. The maximum atomic E-state index is 11.5. The van der Waals surface area contributed by atoms with Gasteiger partial charge in [-0.15, -0.1) is 0 Å². The molecule has 6 nitrogen and oxygen atoms in total. The summed E-state index contributed by atoms with van der Waals surface area (Å²) >= 11 is 0. The number of benzene rings is 1. The topological polar surface area (TPSA) is 84.9 Å². The highest BCUT2D eigenvalue weighted by molar-refractivity contribution is 5.83. The molecule has 122 valence electrons. The standard InChI is InChI=1S/C16H23NO5/c1-12(16(19)20)17-15(18)4-3-10-22-14-7-5-13(6-8-14)9-11-21-2/h5-8,12H,3-4,9-11H2,1-2H3,(H,17,18)(H,19,20)/t12-/m0/s1. The van der Waals surface area contributed by atoms with Crippen LogP contribution in [0.1, 0.15) is 25.3 Å². The van der Waals surface area contributed by atoms with Gasteiger partial charge in [0.05, 0.1) is 13.2 Å². The van der Waals surface area contributed by atoms with Gasteiger partial charge in [0.1, 0.15) is 11.8 Å². The number of carbonyl (C=O) groups excluding carboxylic acids is 1. The van der Waals surface area contributed by atoms with Crippen LogP contribution in [0.3, 0.4) is 0 Å². The van der Waals surface area contributed by atoms with E-state index in [4.69, 9.17) is 14.6 Å². The fourth-order valence-corrected chi connectivity index (χ4v) is 1.77. The molecule has 0 aliphatic carbocycles. The molecule has 0 aliphatic heterocycles. The first-order valence-corrected chi connectivity index (χ1v) is 7.25. The molecule has 0 aromatic heterocycles. The number of nitrogens with one attached hydrogen (secondary N) is 1. The molecular formula is C16H23NO5. The Morgan fingerprint density at radius 1 is 1.23 bits per heavy atom. The van der Waals surface area contributed by atoms with Crippen LogP contribution in [-0.2, 0) is 20.7 Å². The number of hydrogen-bond acceptors (Lipinski definition) is 4. The lowest BCUT2D eigenvalue weighted by Gasteiger charge is -2.10. The summed E-state index contributed by atoms with van der Waals surface area (Å²) in [6.07, 6.45) is 1.63. The molecule has 0 aliphatic rings. The Morgan fingerprint density at radius 3 is 2.50 bits per heavy atom. The molecule has 0 fully saturated rings. The van der Waals surface area contributed by atoms with Gasteiger partial charge >= 0.3 is 5.97 Å². The third-order valence-electron chi connectivity index (χ3n) is 3.08. The Hall–Kier alpha value is -2.08. The average Bonchev–Trinajstić information content (AvgIpc) is 2.50. The molecule has 0 saturated carbocycles. The van der Waals surface area contributed by atoms with Crippen LogP contribution in [0.25, 0.3) is 0 Å². The highest BCUT2D eigenvalue weighted by Crippen LogP contribution is 2.13. The molecule has 1 aromatic rings. The number of hydrogen-bond donors (Lipinski definition) is 2. The number of ether oxygens (including phenoxy) is 2.